The molecular formula is C14H15ClO2. The second-order valence-corrected chi connectivity index (χ2v) is 4.69. The van der Waals surface area contributed by atoms with Crippen LogP contribution < -0.4 is 4.74 Å². The summed E-state index contributed by atoms with van der Waals surface area (Å²) < 4.78 is 5.30. The van der Waals surface area contributed by atoms with Gasteiger partial charge in [-0.25, -0.2) is 0 Å². The lowest BCUT2D eigenvalue weighted by atomic mass is 9.93. The Morgan fingerprint density at radius 3 is 2.88 bits per heavy atom. The fraction of sp³-hybridized carbons (Fsp3) is 0.357. The van der Waals surface area contributed by atoms with Gasteiger partial charge in [-0.05, 0) is 49.1 Å². The molecule has 1 aromatic carbocycles. The topological polar surface area (TPSA) is 26.3 Å². The minimum absolute atomic E-state index is 0.229. The number of methoxy groups -OCH3 is 1. The molecule has 0 saturated carbocycles. The van der Waals surface area contributed by atoms with Gasteiger partial charge in [-0.3, -0.25) is 4.79 Å². The minimum Gasteiger partial charge on any atom is -0.496 e. The van der Waals surface area contributed by atoms with Crippen LogP contribution in [0.25, 0.3) is 0 Å². The number of hydrogen-bond acceptors (Lipinski definition) is 2. The largest absolute Gasteiger partial charge is 0.496 e. The molecule has 0 heterocycles. The first-order valence-electron chi connectivity index (χ1n) is 5.74. The Morgan fingerprint density at radius 2 is 2.18 bits per heavy atom. The van der Waals surface area contributed by atoms with Gasteiger partial charge in [0.15, 0.2) is 5.78 Å². The Morgan fingerprint density at radius 1 is 1.35 bits per heavy atom. The van der Waals surface area contributed by atoms with Gasteiger partial charge in [0.05, 0.1) is 7.11 Å². The number of hydrogen-bond donors (Lipinski definition) is 0. The Hall–Kier alpha value is -1.28. The molecule has 0 radical (unpaired) electrons. The maximum atomic E-state index is 11.4. The highest BCUT2D eigenvalue weighted by atomic mass is 35.5. The van der Waals surface area contributed by atoms with Crippen molar-refractivity contribution in [1.29, 1.82) is 0 Å². The molecule has 0 saturated heterocycles. The highest BCUT2D eigenvalue weighted by molar-refractivity contribution is 6.30. The molecule has 90 valence electrons. The number of benzene rings is 1. The van der Waals surface area contributed by atoms with Crippen LogP contribution in [0, 0.1) is 0 Å². The molecule has 0 unspecified atom stereocenters. The van der Waals surface area contributed by atoms with Crippen molar-refractivity contribution >= 4 is 17.4 Å². The SMILES string of the molecule is COc1ccc(Cl)cc1CC1=CC(=O)CCC1. The summed E-state index contributed by atoms with van der Waals surface area (Å²) in [4.78, 5) is 11.4. The van der Waals surface area contributed by atoms with Crippen molar-refractivity contribution in [3.8, 4) is 5.75 Å². The molecule has 0 aliphatic heterocycles. The molecule has 2 rings (SSSR count). The van der Waals surface area contributed by atoms with Gasteiger partial charge >= 0.3 is 0 Å². The second-order valence-electron chi connectivity index (χ2n) is 4.26. The molecule has 1 aromatic rings. The van der Waals surface area contributed by atoms with Gasteiger partial charge in [-0.15, -0.1) is 0 Å². The van der Waals surface area contributed by atoms with E-state index in [1.807, 2.05) is 18.2 Å². The van der Waals surface area contributed by atoms with Gasteiger partial charge in [0, 0.05) is 11.4 Å². The summed E-state index contributed by atoms with van der Waals surface area (Å²) in [6, 6.07) is 5.58. The quantitative estimate of drug-likeness (QED) is 0.820. The summed E-state index contributed by atoms with van der Waals surface area (Å²) in [5, 5.41) is 0.698. The third-order valence-electron chi connectivity index (χ3n) is 2.95. The third-order valence-corrected chi connectivity index (χ3v) is 3.18. The van der Waals surface area contributed by atoms with Crippen LogP contribution in [0.5, 0.6) is 5.75 Å². The van der Waals surface area contributed by atoms with Crippen LogP contribution in [0.15, 0.2) is 29.8 Å². The first-order chi connectivity index (χ1) is 8.19. The molecule has 0 spiro atoms. The van der Waals surface area contributed by atoms with Crippen LogP contribution in [0.4, 0.5) is 0 Å². The van der Waals surface area contributed by atoms with Crippen molar-refractivity contribution in [2.24, 2.45) is 0 Å². The Labute approximate surface area is 106 Å². The number of ketones is 1. The van der Waals surface area contributed by atoms with Crippen LogP contribution in [-0.4, -0.2) is 12.9 Å². The molecule has 1 aliphatic carbocycles. The lowest BCUT2D eigenvalue weighted by Gasteiger charge is -2.14. The monoisotopic (exact) mass is 250 g/mol. The van der Waals surface area contributed by atoms with E-state index in [0.717, 1.165) is 30.6 Å². The third kappa shape index (κ3) is 3.10. The highest BCUT2D eigenvalue weighted by Crippen LogP contribution is 2.27. The number of ether oxygens (including phenoxy) is 1. The van der Waals surface area contributed by atoms with Crippen LogP contribution in [0.2, 0.25) is 5.02 Å². The minimum atomic E-state index is 0.229. The first kappa shape index (κ1) is 12.2. The van der Waals surface area contributed by atoms with Crippen LogP contribution in [0.1, 0.15) is 24.8 Å². The molecule has 0 fully saturated rings. The molecule has 3 heteroatoms. The Kier molecular flexibility index (Phi) is 3.85. The predicted molar refractivity (Wildman–Crippen MR) is 68.6 cm³/mol. The normalized spacial score (nSPS) is 15.6. The number of carbonyl (C=O) groups is 1. The molecule has 0 N–H and O–H groups in total. The lowest BCUT2D eigenvalue weighted by Crippen LogP contribution is -2.05. The molecule has 0 aromatic heterocycles. The number of allylic oxidation sites excluding steroid dienone is 2. The van der Waals surface area contributed by atoms with Crippen LogP contribution >= 0.6 is 11.6 Å². The highest BCUT2D eigenvalue weighted by Gasteiger charge is 2.12. The summed E-state index contributed by atoms with van der Waals surface area (Å²) in [6.45, 7) is 0. The smallest absolute Gasteiger partial charge is 0.155 e. The molecular weight excluding hydrogens is 236 g/mol. The van der Waals surface area contributed by atoms with E-state index in [-0.39, 0.29) is 5.78 Å². The fourth-order valence-electron chi connectivity index (χ4n) is 2.13. The maximum absolute atomic E-state index is 11.4. The molecule has 0 bridgehead atoms. The van der Waals surface area contributed by atoms with Crippen molar-refractivity contribution in [3.05, 3.63) is 40.4 Å². The standard InChI is InChI=1S/C14H15ClO2/c1-17-14-6-5-12(15)9-11(14)7-10-3-2-4-13(16)8-10/h5-6,8-9H,2-4,7H2,1H3. The van der Waals surface area contributed by atoms with E-state index in [0.29, 0.717) is 11.4 Å². The molecule has 17 heavy (non-hydrogen) atoms. The van der Waals surface area contributed by atoms with Gasteiger partial charge < -0.3 is 4.74 Å². The zero-order valence-corrected chi connectivity index (χ0v) is 10.6. The van der Waals surface area contributed by atoms with Gasteiger partial charge in [0.2, 0.25) is 0 Å². The van der Waals surface area contributed by atoms with E-state index in [4.69, 9.17) is 16.3 Å². The van der Waals surface area contributed by atoms with Crippen LogP contribution in [0.3, 0.4) is 0 Å². The average molecular weight is 251 g/mol. The van der Waals surface area contributed by atoms with E-state index in [9.17, 15) is 4.79 Å². The molecule has 0 atom stereocenters. The Bertz CT molecular complexity index is 463. The zero-order valence-electron chi connectivity index (χ0n) is 9.83. The van der Waals surface area contributed by atoms with Crippen molar-refractivity contribution < 1.29 is 9.53 Å². The van der Waals surface area contributed by atoms with Gasteiger partial charge in [-0.2, -0.15) is 0 Å². The van der Waals surface area contributed by atoms with Crippen molar-refractivity contribution in [3.63, 3.8) is 0 Å². The van der Waals surface area contributed by atoms with Crippen molar-refractivity contribution in [1.82, 2.24) is 0 Å². The van der Waals surface area contributed by atoms with Gasteiger partial charge in [0.25, 0.3) is 0 Å². The molecule has 1 aliphatic rings. The fourth-order valence-corrected chi connectivity index (χ4v) is 2.33. The van der Waals surface area contributed by atoms with Gasteiger partial charge in [0.1, 0.15) is 5.75 Å². The number of rotatable bonds is 3. The maximum Gasteiger partial charge on any atom is 0.155 e. The van der Waals surface area contributed by atoms with E-state index < -0.39 is 0 Å². The number of carbonyl (C=O) groups excluding carboxylic acids is 1. The summed E-state index contributed by atoms with van der Waals surface area (Å²) in [5.41, 5.74) is 2.21. The van der Waals surface area contributed by atoms with Crippen LogP contribution in [-0.2, 0) is 11.2 Å². The predicted octanol–water partition coefficient (Wildman–Crippen LogP) is 3.57. The summed E-state index contributed by atoms with van der Waals surface area (Å²) in [6.07, 6.45) is 5.13. The molecule has 0 amide bonds. The van der Waals surface area contributed by atoms with E-state index >= 15 is 0 Å². The van der Waals surface area contributed by atoms with Crippen molar-refractivity contribution in [2.45, 2.75) is 25.7 Å². The summed E-state index contributed by atoms with van der Waals surface area (Å²) in [7, 11) is 1.65. The summed E-state index contributed by atoms with van der Waals surface area (Å²) >= 11 is 5.98. The van der Waals surface area contributed by atoms with E-state index in [1.165, 1.54) is 5.57 Å². The van der Waals surface area contributed by atoms with Crippen molar-refractivity contribution in [2.75, 3.05) is 7.11 Å². The Balaban J connectivity index is 2.23. The average Bonchev–Trinajstić information content (AvgIpc) is 2.29. The first-order valence-corrected chi connectivity index (χ1v) is 6.11. The lowest BCUT2D eigenvalue weighted by molar-refractivity contribution is -0.115. The summed E-state index contributed by atoms with van der Waals surface area (Å²) in [5.74, 6) is 1.06. The van der Waals surface area contributed by atoms with E-state index in [1.54, 1.807) is 13.2 Å². The second kappa shape index (κ2) is 5.37. The van der Waals surface area contributed by atoms with Gasteiger partial charge in [-0.1, -0.05) is 17.2 Å². The number of halogens is 1. The zero-order chi connectivity index (χ0) is 12.3. The molecule has 2 nitrogen and oxygen atoms in total. The van der Waals surface area contributed by atoms with E-state index in [2.05, 4.69) is 0 Å².